The second kappa shape index (κ2) is 11.7. The fraction of sp³-hybridized carbons (Fsp3) is 0.375. The Morgan fingerprint density at radius 1 is 1.06 bits per heavy atom. The van der Waals surface area contributed by atoms with Crippen LogP contribution in [0.2, 0.25) is 0 Å². The van der Waals surface area contributed by atoms with Crippen LogP contribution in [0.5, 0.6) is 0 Å². The van der Waals surface area contributed by atoms with Crippen LogP contribution in [-0.2, 0) is 16.0 Å². The lowest BCUT2D eigenvalue weighted by Gasteiger charge is -2.18. The van der Waals surface area contributed by atoms with Crippen LogP contribution >= 0.6 is 0 Å². The van der Waals surface area contributed by atoms with Gasteiger partial charge in [-0.3, -0.25) is 9.59 Å². The summed E-state index contributed by atoms with van der Waals surface area (Å²) in [5.41, 5.74) is 1.99. The molecule has 3 rings (SSSR count). The lowest BCUT2D eigenvalue weighted by Crippen LogP contribution is -2.41. The highest BCUT2D eigenvalue weighted by Gasteiger charge is 2.29. The average Bonchev–Trinajstić information content (AvgIpc) is 3.15. The van der Waals surface area contributed by atoms with Crippen LogP contribution in [0.4, 0.5) is 5.69 Å². The predicted octanol–water partition coefficient (Wildman–Crippen LogP) is 2.27. The van der Waals surface area contributed by atoms with E-state index >= 15 is 0 Å². The van der Waals surface area contributed by atoms with Crippen LogP contribution in [-0.4, -0.2) is 55.4 Å². The van der Waals surface area contributed by atoms with E-state index in [0.29, 0.717) is 25.5 Å². The molecule has 2 amide bonds. The first kappa shape index (κ1) is 22.3. The molecule has 0 saturated carbocycles. The zero-order valence-corrected chi connectivity index (χ0v) is 18.0. The third-order valence-corrected chi connectivity index (χ3v) is 5.15. The van der Waals surface area contributed by atoms with Crippen molar-refractivity contribution in [3.8, 4) is 0 Å². The summed E-state index contributed by atoms with van der Waals surface area (Å²) < 4.78 is 0. The SMILES string of the molecule is CCNC(=NCC(=O)Nc1ccccc1)NCC1CC(=O)N(CCc2ccccc2)C1. The van der Waals surface area contributed by atoms with Gasteiger partial charge in [0.25, 0.3) is 0 Å². The Kier molecular flexibility index (Phi) is 8.46. The first-order valence-corrected chi connectivity index (χ1v) is 10.8. The molecule has 0 spiro atoms. The van der Waals surface area contributed by atoms with Crippen LogP contribution in [0, 0.1) is 5.92 Å². The summed E-state index contributed by atoms with van der Waals surface area (Å²) in [7, 11) is 0. The smallest absolute Gasteiger partial charge is 0.246 e. The second-order valence-electron chi connectivity index (χ2n) is 7.64. The normalized spacial score (nSPS) is 16.3. The number of nitrogens with zero attached hydrogens (tertiary/aromatic N) is 2. The maximum Gasteiger partial charge on any atom is 0.246 e. The lowest BCUT2D eigenvalue weighted by atomic mass is 10.1. The van der Waals surface area contributed by atoms with Crippen molar-refractivity contribution in [3.63, 3.8) is 0 Å². The number of aliphatic imine (C=N–C) groups is 1. The van der Waals surface area contributed by atoms with Gasteiger partial charge in [0.05, 0.1) is 0 Å². The molecule has 1 aliphatic heterocycles. The number of rotatable bonds is 9. The number of para-hydroxylation sites is 1. The summed E-state index contributed by atoms with van der Waals surface area (Å²) in [6.07, 6.45) is 1.41. The molecule has 7 heteroatoms. The topological polar surface area (TPSA) is 85.8 Å². The first-order chi connectivity index (χ1) is 15.1. The lowest BCUT2D eigenvalue weighted by molar-refractivity contribution is -0.127. The van der Waals surface area contributed by atoms with Crippen molar-refractivity contribution in [2.45, 2.75) is 19.8 Å². The van der Waals surface area contributed by atoms with Gasteiger partial charge in [-0.1, -0.05) is 48.5 Å². The Morgan fingerprint density at radius 2 is 1.77 bits per heavy atom. The molecular formula is C24H31N5O2. The standard InChI is InChI=1S/C24H31N5O2/c1-2-25-24(27-17-22(30)28-21-11-7-4-8-12-21)26-16-20-15-23(31)29(18-20)14-13-19-9-5-3-6-10-19/h3-12,20H,2,13-18H2,1H3,(H,28,30)(H2,25,26,27). The molecule has 1 fully saturated rings. The van der Waals surface area contributed by atoms with Gasteiger partial charge in [0.1, 0.15) is 6.54 Å². The number of guanidine groups is 1. The number of benzene rings is 2. The van der Waals surface area contributed by atoms with Gasteiger partial charge >= 0.3 is 0 Å². The molecule has 1 saturated heterocycles. The molecule has 2 aromatic rings. The minimum Gasteiger partial charge on any atom is -0.357 e. The summed E-state index contributed by atoms with van der Waals surface area (Å²) in [6, 6.07) is 19.5. The van der Waals surface area contributed by atoms with Crippen LogP contribution < -0.4 is 16.0 Å². The van der Waals surface area contributed by atoms with Gasteiger partial charge in [0.15, 0.2) is 5.96 Å². The molecule has 0 bridgehead atoms. The van der Waals surface area contributed by atoms with Crippen molar-refractivity contribution in [1.82, 2.24) is 15.5 Å². The fourth-order valence-electron chi connectivity index (χ4n) is 3.57. The second-order valence-corrected chi connectivity index (χ2v) is 7.64. The molecule has 3 N–H and O–H groups in total. The van der Waals surface area contributed by atoms with Crippen molar-refractivity contribution < 1.29 is 9.59 Å². The Balaban J connectivity index is 1.44. The molecule has 0 radical (unpaired) electrons. The highest BCUT2D eigenvalue weighted by molar-refractivity contribution is 5.94. The molecule has 1 aliphatic rings. The van der Waals surface area contributed by atoms with Gasteiger partial charge in [-0.2, -0.15) is 0 Å². The quantitative estimate of drug-likeness (QED) is 0.428. The van der Waals surface area contributed by atoms with Crippen LogP contribution in [0.25, 0.3) is 0 Å². The number of carbonyl (C=O) groups excluding carboxylic acids is 2. The number of amides is 2. The van der Waals surface area contributed by atoms with Gasteiger partial charge < -0.3 is 20.9 Å². The Hall–Kier alpha value is -3.35. The van der Waals surface area contributed by atoms with Crippen molar-refractivity contribution in [2.24, 2.45) is 10.9 Å². The predicted molar refractivity (Wildman–Crippen MR) is 124 cm³/mol. The number of anilines is 1. The minimum atomic E-state index is -0.175. The molecule has 0 aliphatic carbocycles. The fourth-order valence-corrected chi connectivity index (χ4v) is 3.57. The Morgan fingerprint density at radius 3 is 2.48 bits per heavy atom. The summed E-state index contributed by atoms with van der Waals surface area (Å²) in [6.45, 7) is 4.82. The number of hydrogen-bond acceptors (Lipinski definition) is 3. The molecule has 1 atom stereocenters. The van der Waals surface area contributed by atoms with E-state index in [1.54, 1.807) is 0 Å². The molecule has 0 aromatic heterocycles. The van der Waals surface area contributed by atoms with Crippen LogP contribution in [0.1, 0.15) is 18.9 Å². The molecule has 1 unspecified atom stereocenters. The average molecular weight is 422 g/mol. The zero-order chi connectivity index (χ0) is 21.9. The van der Waals surface area contributed by atoms with E-state index in [4.69, 9.17) is 0 Å². The largest absolute Gasteiger partial charge is 0.357 e. The number of nitrogens with one attached hydrogen (secondary N) is 3. The molecule has 7 nitrogen and oxygen atoms in total. The van der Waals surface area contributed by atoms with Crippen LogP contribution in [0.15, 0.2) is 65.7 Å². The number of hydrogen-bond donors (Lipinski definition) is 3. The summed E-state index contributed by atoms with van der Waals surface area (Å²) in [5, 5.41) is 9.25. The Labute approximate surface area is 183 Å². The third-order valence-electron chi connectivity index (χ3n) is 5.15. The highest BCUT2D eigenvalue weighted by Crippen LogP contribution is 2.17. The summed E-state index contributed by atoms with van der Waals surface area (Å²) >= 11 is 0. The molecule has 1 heterocycles. The maximum atomic E-state index is 12.4. The van der Waals surface area contributed by atoms with Gasteiger partial charge in [0, 0.05) is 44.2 Å². The van der Waals surface area contributed by atoms with Gasteiger partial charge in [-0.25, -0.2) is 4.99 Å². The molecular weight excluding hydrogens is 390 g/mol. The maximum absolute atomic E-state index is 12.4. The zero-order valence-electron chi connectivity index (χ0n) is 18.0. The van der Waals surface area contributed by atoms with E-state index in [1.807, 2.05) is 60.4 Å². The summed E-state index contributed by atoms with van der Waals surface area (Å²) in [5.74, 6) is 0.838. The first-order valence-electron chi connectivity index (χ1n) is 10.8. The third kappa shape index (κ3) is 7.44. The van der Waals surface area contributed by atoms with Crippen LogP contribution in [0.3, 0.4) is 0 Å². The van der Waals surface area contributed by atoms with E-state index < -0.39 is 0 Å². The van der Waals surface area contributed by atoms with Gasteiger partial charge in [0.2, 0.25) is 11.8 Å². The highest BCUT2D eigenvalue weighted by atomic mass is 16.2. The van der Waals surface area contributed by atoms with Crippen molar-refractivity contribution in [1.29, 1.82) is 0 Å². The molecule has 164 valence electrons. The number of carbonyl (C=O) groups is 2. The van der Waals surface area contributed by atoms with Crippen molar-refractivity contribution in [3.05, 3.63) is 66.2 Å². The Bertz CT molecular complexity index is 870. The van der Waals surface area contributed by atoms with Crippen molar-refractivity contribution >= 4 is 23.5 Å². The summed E-state index contributed by atoms with van der Waals surface area (Å²) in [4.78, 5) is 30.8. The van der Waals surface area contributed by atoms with Gasteiger partial charge in [-0.15, -0.1) is 0 Å². The van der Waals surface area contributed by atoms with E-state index in [0.717, 1.165) is 25.2 Å². The molecule has 31 heavy (non-hydrogen) atoms. The van der Waals surface area contributed by atoms with Gasteiger partial charge in [-0.05, 0) is 31.0 Å². The minimum absolute atomic E-state index is 0.0248. The van der Waals surface area contributed by atoms with Crippen molar-refractivity contribution in [2.75, 3.05) is 38.0 Å². The molecule has 2 aromatic carbocycles. The number of likely N-dealkylation sites (tertiary alicyclic amines) is 1. The monoisotopic (exact) mass is 421 g/mol. The van der Waals surface area contributed by atoms with E-state index in [2.05, 4.69) is 33.1 Å². The van der Waals surface area contributed by atoms with E-state index in [-0.39, 0.29) is 24.3 Å². The van der Waals surface area contributed by atoms with E-state index in [1.165, 1.54) is 5.56 Å². The van der Waals surface area contributed by atoms with E-state index in [9.17, 15) is 9.59 Å².